The van der Waals surface area contributed by atoms with Crippen molar-refractivity contribution in [2.75, 3.05) is 11.1 Å². The molecule has 0 aliphatic carbocycles. The third-order valence-corrected chi connectivity index (χ3v) is 5.79. The lowest BCUT2D eigenvalue weighted by Crippen LogP contribution is -2.24. The van der Waals surface area contributed by atoms with Crippen molar-refractivity contribution in [3.05, 3.63) is 95.6 Å². The van der Waals surface area contributed by atoms with Crippen LogP contribution in [0.1, 0.15) is 21.5 Å². The van der Waals surface area contributed by atoms with Crippen molar-refractivity contribution in [2.45, 2.75) is 11.8 Å². The van der Waals surface area contributed by atoms with Gasteiger partial charge in [0, 0.05) is 11.1 Å². The van der Waals surface area contributed by atoms with Crippen molar-refractivity contribution in [3.8, 4) is 0 Å². The van der Waals surface area contributed by atoms with E-state index in [4.69, 9.17) is 0 Å². The molecule has 28 heavy (non-hydrogen) atoms. The van der Waals surface area contributed by atoms with E-state index in [2.05, 4.69) is 5.32 Å². The molecular weight excluding hydrogens is 374 g/mol. The van der Waals surface area contributed by atoms with Crippen LogP contribution in [-0.2, 0) is 14.6 Å². The Labute approximate surface area is 164 Å². The molecule has 0 bridgehead atoms. The average Bonchev–Trinajstić information content (AvgIpc) is 2.70. The quantitative estimate of drug-likeness (QED) is 0.649. The van der Waals surface area contributed by atoms with Gasteiger partial charge in [-0.15, -0.1) is 0 Å². The summed E-state index contributed by atoms with van der Waals surface area (Å²) in [7, 11) is -3.77. The highest BCUT2D eigenvalue weighted by Crippen LogP contribution is 2.22. The van der Waals surface area contributed by atoms with Gasteiger partial charge in [0.2, 0.25) is 5.91 Å². The molecule has 0 fully saturated rings. The molecule has 0 heterocycles. The molecule has 0 spiro atoms. The van der Waals surface area contributed by atoms with Crippen molar-refractivity contribution in [2.24, 2.45) is 0 Å². The van der Waals surface area contributed by atoms with Crippen molar-refractivity contribution >= 4 is 27.2 Å². The molecule has 0 aromatic heterocycles. The van der Waals surface area contributed by atoms with Crippen LogP contribution in [0.2, 0.25) is 0 Å². The van der Waals surface area contributed by atoms with E-state index in [0.29, 0.717) is 11.1 Å². The van der Waals surface area contributed by atoms with Gasteiger partial charge in [0.05, 0.1) is 10.6 Å². The molecule has 5 nitrogen and oxygen atoms in total. The molecular formula is C22H19NO4S. The first kappa shape index (κ1) is 19.5. The van der Waals surface area contributed by atoms with Gasteiger partial charge in [-0.05, 0) is 31.2 Å². The number of ketones is 1. The molecule has 1 amide bonds. The first-order valence-corrected chi connectivity index (χ1v) is 10.3. The van der Waals surface area contributed by atoms with Crippen LogP contribution in [0.4, 0.5) is 5.69 Å². The average molecular weight is 393 g/mol. The molecule has 3 rings (SSSR count). The Kier molecular flexibility index (Phi) is 5.70. The van der Waals surface area contributed by atoms with E-state index in [-0.39, 0.29) is 16.4 Å². The molecule has 0 atom stereocenters. The van der Waals surface area contributed by atoms with Crippen molar-refractivity contribution in [3.63, 3.8) is 0 Å². The van der Waals surface area contributed by atoms with E-state index >= 15 is 0 Å². The predicted molar refractivity (Wildman–Crippen MR) is 108 cm³/mol. The van der Waals surface area contributed by atoms with Gasteiger partial charge < -0.3 is 5.32 Å². The second-order valence-corrected chi connectivity index (χ2v) is 8.35. The number of benzene rings is 3. The molecule has 0 saturated heterocycles. The summed E-state index contributed by atoms with van der Waals surface area (Å²) in [6.07, 6.45) is 0. The first-order valence-electron chi connectivity index (χ1n) is 8.65. The summed E-state index contributed by atoms with van der Waals surface area (Å²) in [6, 6.07) is 21.5. The standard InChI is InChI=1S/C22H19NO4S/c1-16-12-13-20(19(14-16)22(25)17-8-4-2-5-9-17)23-21(24)15-28(26,27)18-10-6-3-7-11-18/h2-14H,15H2,1H3,(H,23,24). The van der Waals surface area contributed by atoms with E-state index in [1.807, 2.05) is 13.0 Å². The highest BCUT2D eigenvalue weighted by Gasteiger charge is 2.21. The molecule has 6 heteroatoms. The topological polar surface area (TPSA) is 80.3 Å². The molecule has 0 saturated carbocycles. The number of rotatable bonds is 6. The third-order valence-electron chi connectivity index (χ3n) is 4.15. The lowest BCUT2D eigenvalue weighted by molar-refractivity contribution is -0.113. The SMILES string of the molecule is Cc1ccc(NC(=O)CS(=O)(=O)c2ccccc2)c(C(=O)c2ccccc2)c1. The zero-order valence-corrected chi connectivity index (χ0v) is 16.1. The van der Waals surface area contributed by atoms with Crippen LogP contribution in [0.5, 0.6) is 0 Å². The smallest absolute Gasteiger partial charge is 0.239 e. The maximum absolute atomic E-state index is 12.8. The summed E-state index contributed by atoms with van der Waals surface area (Å²) in [5.41, 5.74) is 1.94. The summed E-state index contributed by atoms with van der Waals surface area (Å²) in [6.45, 7) is 1.84. The first-order chi connectivity index (χ1) is 13.4. The normalized spacial score (nSPS) is 11.0. The van der Waals surface area contributed by atoms with Crippen LogP contribution < -0.4 is 5.32 Å². The van der Waals surface area contributed by atoms with Crippen LogP contribution in [0, 0.1) is 6.92 Å². The van der Waals surface area contributed by atoms with Gasteiger partial charge in [-0.25, -0.2) is 8.42 Å². The van der Waals surface area contributed by atoms with Gasteiger partial charge in [0.1, 0.15) is 5.75 Å². The number of carbonyl (C=O) groups is 2. The number of nitrogens with one attached hydrogen (secondary N) is 1. The van der Waals surface area contributed by atoms with E-state index in [0.717, 1.165) is 5.56 Å². The molecule has 0 unspecified atom stereocenters. The van der Waals surface area contributed by atoms with Gasteiger partial charge in [0.25, 0.3) is 0 Å². The fraction of sp³-hybridized carbons (Fsp3) is 0.0909. The van der Waals surface area contributed by atoms with Gasteiger partial charge in [-0.3, -0.25) is 9.59 Å². The second-order valence-electron chi connectivity index (χ2n) is 6.36. The van der Waals surface area contributed by atoms with Gasteiger partial charge in [0.15, 0.2) is 15.6 Å². The lowest BCUT2D eigenvalue weighted by Gasteiger charge is -2.12. The van der Waals surface area contributed by atoms with Crippen molar-refractivity contribution in [1.29, 1.82) is 0 Å². The maximum Gasteiger partial charge on any atom is 0.239 e. The molecule has 3 aromatic rings. The molecule has 142 valence electrons. The van der Waals surface area contributed by atoms with Crippen LogP contribution in [0.3, 0.4) is 0 Å². The number of amides is 1. The van der Waals surface area contributed by atoms with Crippen LogP contribution in [0.25, 0.3) is 0 Å². The number of aryl methyl sites for hydroxylation is 1. The molecule has 0 radical (unpaired) electrons. The molecule has 3 aromatic carbocycles. The fourth-order valence-electron chi connectivity index (χ4n) is 2.77. The van der Waals surface area contributed by atoms with Crippen molar-refractivity contribution in [1.82, 2.24) is 0 Å². The summed E-state index contributed by atoms with van der Waals surface area (Å²) in [5, 5.41) is 2.58. The predicted octanol–water partition coefficient (Wildman–Crippen LogP) is 3.64. The van der Waals surface area contributed by atoms with Crippen LogP contribution in [-0.4, -0.2) is 25.9 Å². The fourth-order valence-corrected chi connectivity index (χ4v) is 3.93. The minimum atomic E-state index is -3.77. The largest absolute Gasteiger partial charge is 0.325 e. The molecule has 0 aliphatic heterocycles. The van der Waals surface area contributed by atoms with E-state index in [1.54, 1.807) is 60.7 Å². The minimum Gasteiger partial charge on any atom is -0.325 e. The van der Waals surface area contributed by atoms with E-state index in [1.165, 1.54) is 12.1 Å². The maximum atomic E-state index is 12.8. The lowest BCUT2D eigenvalue weighted by atomic mass is 10.00. The monoisotopic (exact) mass is 393 g/mol. The summed E-state index contributed by atoms with van der Waals surface area (Å²) in [5.74, 6) is -1.65. The Bertz CT molecular complexity index is 1110. The number of sulfone groups is 1. The third kappa shape index (κ3) is 4.53. The Morgan fingerprint density at radius 3 is 2.11 bits per heavy atom. The van der Waals surface area contributed by atoms with Gasteiger partial charge in [-0.1, -0.05) is 60.2 Å². The number of hydrogen-bond acceptors (Lipinski definition) is 4. The number of hydrogen-bond donors (Lipinski definition) is 1. The van der Waals surface area contributed by atoms with Crippen LogP contribution in [0.15, 0.2) is 83.8 Å². The Morgan fingerprint density at radius 2 is 1.46 bits per heavy atom. The molecule has 0 aliphatic rings. The van der Waals surface area contributed by atoms with Crippen molar-refractivity contribution < 1.29 is 18.0 Å². The summed E-state index contributed by atoms with van der Waals surface area (Å²) >= 11 is 0. The summed E-state index contributed by atoms with van der Waals surface area (Å²) in [4.78, 5) is 25.3. The second kappa shape index (κ2) is 8.19. The highest BCUT2D eigenvalue weighted by atomic mass is 32.2. The van der Waals surface area contributed by atoms with Gasteiger partial charge >= 0.3 is 0 Å². The van der Waals surface area contributed by atoms with E-state index < -0.39 is 21.5 Å². The highest BCUT2D eigenvalue weighted by molar-refractivity contribution is 7.92. The Balaban J connectivity index is 1.85. The van der Waals surface area contributed by atoms with E-state index in [9.17, 15) is 18.0 Å². The zero-order valence-electron chi connectivity index (χ0n) is 15.3. The number of carbonyl (C=O) groups excluding carboxylic acids is 2. The minimum absolute atomic E-state index is 0.0784. The summed E-state index contributed by atoms with van der Waals surface area (Å²) < 4.78 is 24.8. The zero-order chi connectivity index (χ0) is 20.1. The van der Waals surface area contributed by atoms with Gasteiger partial charge in [-0.2, -0.15) is 0 Å². The Hall–Kier alpha value is -3.25. The number of anilines is 1. The molecule has 1 N–H and O–H groups in total. The Morgan fingerprint density at radius 1 is 0.857 bits per heavy atom. The van der Waals surface area contributed by atoms with Crippen LogP contribution >= 0.6 is 0 Å².